The number of carbonyl (C=O) groups excluding carboxylic acids is 2. The summed E-state index contributed by atoms with van der Waals surface area (Å²) >= 11 is 5.63. The van der Waals surface area contributed by atoms with E-state index < -0.39 is 5.82 Å². The Labute approximate surface area is 174 Å². The van der Waals surface area contributed by atoms with Crippen LogP contribution in [-0.4, -0.2) is 53.1 Å². The maximum Gasteiger partial charge on any atom is 0.258 e. The van der Waals surface area contributed by atoms with Crippen molar-refractivity contribution in [3.63, 3.8) is 0 Å². The zero-order valence-corrected chi connectivity index (χ0v) is 17.3. The molecule has 5 rings (SSSR count). The summed E-state index contributed by atoms with van der Waals surface area (Å²) in [7, 11) is 0. The average Bonchev–Trinajstić information content (AvgIpc) is 3.10. The second kappa shape index (κ2) is 7.41. The number of nitrogens with one attached hydrogen (secondary N) is 3. The minimum absolute atomic E-state index is 0.00716. The van der Waals surface area contributed by atoms with Gasteiger partial charge in [-0.2, -0.15) is 0 Å². The fourth-order valence-corrected chi connectivity index (χ4v) is 4.76. The van der Waals surface area contributed by atoms with Gasteiger partial charge in [-0.1, -0.05) is 11.6 Å². The van der Waals surface area contributed by atoms with Crippen molar-refractivity contribution in [2.24, 2.45) is 0 Å². The smallest absolute Gasteiger partial charge is 0.258 e. The van der Waals surface area contributed by atoms with Crippen LogP contribution in [0.5, 0.6) is 5.75 Å². The summed E-state index contributed by atoms with van der Waals surface area (Å²) in [5, 5.41) is 8.24. The Bertz CT molecular complexity index is 814. The van der Waals surface area contributed by atoms with Crippen molar-refractivity contribution in [3.05, 3.63) is 29.0 Å². The molecule has 4 aliphatic rings. The van der Waals surface area contributed by atoms with E-state index in [0.29, 0.717) is 6.04 Å². The number of halogens is 2. The molecule has 29 heavy (non-hydrogen) atoms. The molecule has 9 heteroatoms. The van der Waals surface area contributed by atoms with Gasteiger partial charge in [0.1, 0.15) is 17.6 Å². The predicted octanol–water partition coefficient (Wildman–Crippen LogP) is 1.75. The number of rotatable bonds is 7. The van der Waals surface area contributed by atoms with E-state index in [1.165, 1.54) is 12.1 Å². The molecule has 1 aliphatic heterocycles. The summed E-state index contributed by atoms with van der Waals surface area (Å²) in [6, 6.07) is 4.22. The molecule has 1 aromatic carbocycles. The van der Waals surface area contributed by atoms with Gasteiger partial charge >= 0.3 is 0 Å². The van der Waals surface area contributed by atoms with Crippen LogP contribution < -0.4 is 20.8 Å². The monoisotopic (exact) mass is 424 g/mol. The summed E-state index contributed by atoms with van der Waals surface area (Å²) in [6.07, 6.45) is 2.99. The first kappa shape index (κ1) is 20.4. The largest absolute Gasteiger partial charge is 0.484 e. The minimum atomic E-state index is -0.588. The van der Waals surface area contributed by atoms with Crippen molar-refractivity contribution in [1.82, 2.24) is 21.1 Å². The number of benzene rings is 1. The normalized spacial score (nSPS) is 30.4. The van der Waals surface area contributed by atoms with Crippen molar-refractivity contribution in [1.29, 1.82) is 0 Å². The number of ether oxygens (including phenoxy) is 1. The van der Waals surface area contributed by atoms with Crippen LogP contribution in [0.1, 0.15) is 39.5 Å². The number of carbonyl (C=O) groups is 2. The summed E-state index contributed by atoms with van der Waals surface area (Å²) in [5.41, 5.74) is 2.80. The van der Waals surface area contributed by atoms with Crippen LogP contribution in [-0.2, 0) is 9.59 Å². The van der Waals surface area contributed by atoms with Crippen molar-refractivity contribution >= 4 is 23.4 Å². The topological polar surface area (TPSA) is 82.7 Å². The molecule has 3 N–H and O–H groups in total. The molecule has 7 nitrogen and oxygen atoms in total. The molecule has 158 valence electrons. The lowest BCUT2D eigenvalue weighted by Crippen LogP contribution is -2.84. The highest BCUT2D eigenvalue weighted by Gasteiger charge is 2.69. The Morgan fingerprint density at radius 3 is 2.62 bits per heavy atom. The van der Waals surface area contributed by atoms with Gasteiger partial charge in [0.05, 0.1) is 5.02 Å². The van der Waals surface area contributed by atoms with Gasteiger partial charge in [0.2, 0.25) is 5.91 Å². The highest BCUT2D eigenvalue weighted by molar-refractivity contribution is 6.30. The van der Waals surface area contributed by atoms with E-state index in [2.05, 4.69) is 34.9 Å². The van der Waals surface area contributed by atoms with E-state index in [9.17, 15) is 14.0 Å². The number of hydrogen-bond donors (Lipinski definition) is 3. The van der Waals surface area contributed by atoms with E-state index in [4.69, 9.17) is 16.3 Å². The highest BCUT2D eigenvalue weighted by atomic mass is 35.5. The highest BCUT2D eigenvalue weighted by Crippen LogP contribution is 2.60. The Balaban J connectivity index is 1.19. The Morgan fingerprint density at radius 1 is 1.31 bits per heavy atom. The molecule has 2 bridgehead atoms. The summed E-state index contributed by atoms with van der Waals surface area (Å²) in [5.74, 6) is -0.566. The third-order valence-electron chi connectivity index (χ3n) is 6.00. The molecule has 1 saturated heterocycles. The molecule has 4 fully saturated rings. The fourth-order valence-electron chi connectivity index (χ4n) is 4.64. The van der Waals surface area contributed by atoms with Crippen molar-refractivity contribution < 1.29 is 18.7 Å². The van der Waals surface area contributed by atoms with Crippen molar-refractivity contribution in [2.45, 2.75) is 62.7 Å². The third-order valence-corrected chi connectivity index (χ3v) is 6.31. The first-order chi connectivity index (χ1) is 13.7. The summed E-state index contributed by atoms with van der Waals surface area (Å²) in [4.78, 5) is 24.7. The zero-order valence-electron chi connectivity index (χ0n) is 16.6. The molecule has 2 amide bonds. The SMILES string of the molecule is CC(C)N1CCC(C(=O)NC23CC(NC(=O)COc4ccc(Cl)c(F)c4)(C2)C3)N1. The van der Waals surface area contributed by atoms with Crippen LogP contribution in [0.4, 0.5) is 4.39 Å². The quantitative estimate of drug-likeness (QED) is 0.621. The van der Waals surface area contributed by atoms with Crippen LogP contribution in [0.2, 0.25) is 5.02 Å². The van der Waals surface area contributed by atoms with E-state index in [-0.39, 0.29) is 46.3 Å². The molecular formula is C20H26ClFN4O3. The zero-order chi connectivity index (χ0) is 20.8. The van der Waals surface area contributed by atoms with Gasteiger partial charge in [0, 0.05) is 29.7 Å². The summed E-state index contributed by atoms with van der Waals surface area (Å²) in [6.45, 7) is 4.85. The van der Waals surface area contributed by atoms with Crippen LogP contribution in [0, 0.1) is 5.82 Å². The van der Waals surface area contributed by atoms with Gasteiger partial charge in [-0.05, 0) is 51.7 Å². The molecule has 0 spiro atoms. The standard InChI is InChI=1S/C20H26ClFN4O3/c1-12(2)26-6-5-16(25-26)18(28)24-20-9-19(10-20,11-20)23-17(27)8-29-13-3-4-14(21)15(22)7-13/h3-4,7,12,16,25H,5-6,8-11H2,1-2H3,(H,23,27)(H,24,28). The second-order valence-electron chi connectivity index (χ2n) is 8.75. The molecule has 0 radical (unpaired) electrons. The maximum atomic E-state index is 13.4. The van der Waals surface area contributed by atoms with Gasteiger partial charge in [-0.3, -0.25) is 9.59 Å². The molecule has 1 unspecified atom stereocenters. The van der Waals surface area contributed by atoms with E-state index in [0.717, 1.165) is 38.3 Å². The second-order valence-corrected chi connectivity index (χ2v) is 9.16. The van der Waals surface area contributed by atoms with Crippen LogP contribution in [0.15, 0.2) is 18.2 Å². The fraction of sp³-hybridized carbons (Fsp3) is 0.600. The predicted molar refractivity (Wildman–Crippen MR) is 106 cm³/mol. The number of hydrogen-bond acceptors (Lipinski definition) is 5. The van der Waals surface area contributed by atoms with Crippen molar-refractivity contribution in [2.75, 3.05) is 13.2 Å². The lowest BCUT2D eigenvalue weighted by molar-refractivity contribution is -0.151. The van der Waals surface area contributed by atoms with E-state index in [1.54, 1.807) is 0 Å². The van der Waals surface area contributed by atoms with Crippen LogP contribution in [0.25, 0.3) is 0 Å². The Kier molecular flexibility index (Phi) is 5.21. The number of nitrogens with zero attached hydrogens (tertiary/aromatic N) is 1. The van der Waals surface area contributed by atoms with Gasteiger partial charge in [-0.25, -0.2) is 14.8 Å². The van der Waals surface area contributed by atoms with Crippen LogP contribution in [0.3, 0.4) is 0 Å². The maximum absolute atomic E-state index is 13.4. The molecule has 0 aromatic heterocycles. The first-order valence-corrected chi connectivity index (χ1v) is 10.3. The number of hydrazine groups is 1. The van der Waals surface area contributed by atoms with Gasteiger partial charge in [0.15, 0.2) is 6.61 Å². The molecule has 3 aliphatic carbocycles. The van der Waals surface area contributed by atoms with Gasteiger partial charge < -0.3 is 15.4 Å². The first-order valence-electron chi connectivity index (χ1n) is 9.93. The molecule has 3 saturated carbocycles. The Hall–Kier alpha value is -1.90. The third kappa shape index (κ3) is 4.06. The van der Waals surface area contributed by atoms with Gasteiger partial charge in [0.25, 0.3) is 5.91 Å². The summed E-state index contributed by atoms with van der Waals surface area (Å²) < 4.78 is 18.7. The minimum Gasteiger partial charge on any atom is -0.484 e. The molecular weight excluding hydrogens is 399 g/mol. The van der Waals surface area contributed by atoms with E-state index >= 15 is 0 Å². The lowest BCUT2D eigenvalue weighted by Gasteiger charge is -2.70. The molecule has 1 aromatic rings. The Morgan fingerprint density at radius 2 is 2.00 bits per heavy atom. The van der Waals surface area contributed by atoms with E-state index in [1.807, 2.05) is 0 Å². The van der Waals surface area contributed by atoms with Crippen LogP contribution >= 0.6 is 11.6 Å². The molecule has 1 heterocycles. The number of amides is 2. The molecule has 1 atom stereocenters. The average molecular weight is 425 g/mol. The van der Waals surface area contributed by atoms with Gasteiger partial charge in [-0.15, -0.1) is 0 Å². The van der Waals surface area contributed by atoms with Crippen molar-refractivity contribution in [3.8, 4) is 5.75 Å². The lowest BCUT2D eigenvalue weighted by atomic mass is 9.44.